The van der Waals surface area contributed by atoms with Crippen LogP contribution < -0.4 is 5.73 Å². The van der Waals surface area contributed by atoms with Gasteiger partial charge in [0.05, 0.1) is 19.8 Å². The molecule has 0 radical (unpaired) electrons. The molecule has 1 heterocycles. The SMILES string of the molecule is CCCOCC(N)CC1OCCO1. The van der Waals surface area contributed by atoms with E-state index in [0.29, 0.717) is 19.8 Å². The number of hydrogen-bond donors (Lipinski definition) is 1. The molecule has 78 valence electrons. The third-order valence-corrected chi connectivity index (χ3v) is 1.87. The summed E-state index contributed by atoms with van der Waals surface area (Å²) in [6.45, 7) is 4.83. The largest absolute Gasteiger partial charge is 0.380 e. The van der Waals surface area contributed by atoms with Crippen LogP contribution in [0.4, 0.5) is 0 Å². The molecule has 1 saturated heterocycles. The minimum atomic E-state index is -0.111. The predicted octanol–water partition coefficient (Wildman–Crippen LogP) is 0.503. The molecule has 0 aliphatic carbocycles. The Bertz CT molecular complexity index is 126. The van der Waals surface area contributed by atoms with E-state index in [1.165, 1.54) is 0 Å². The molecule has 4 heteroatoms. The van der Waals surface area contributed by atoms with Gasteiger partial charge in [-0.25, -0.2) is 0 Å². The van der Waals surface area contributed by atoms with Gasteiger partial charge < -0.3 is 19.9 Å². The van der Waals surface area contributed by atoms with Gasteiger partial charge in [0.1, 0.15) is 0 Å². The topological polar surface area (TPSA) is 53.7 Å². The minimum Gasteiger partial charge on any atom is -0.380 e. The van der Waals surface area contributed by atoms with Crippen LogP contribution in [0.15, 0.2) is 0 Å². The van der Waals surface area contributed by atoms with Gasteiger partial charge in [-0.1, -0.05) is 6.92 Å². The quantitative estimate of drug-likeness (QED) is 0.618. The standard InChI is InChI=1S/C9H19NO3/c1-2-3-11-7-8(10)6-9-12-4-5-13-9/h8-9H,2-7,10H2,1H3. The van der Waals surface area contributed by atoms with Crippen molar-refractivity contribution >= 4 is 0 Å². The first-order valence-electron chi connectivity index (χ1n) is 4.89. The van der Waals surface area contributed by atoms with Crippen LogP contribution in [0.3, 0.4) is 0 Å². The fourth-order valence-electron chi connectivity index (χ4n) is 1.24. The van der Waals surface area contributed by atoms with E-state index in [9.17, 15) is 0 Å². The number of rotatable bonds is 6. The van der Waals surface area contributed by atoms with E-state index in [2.05, 4.69) is 6.92 Å². The fraction of sp³-hybridized carbons (Fsp3) is 1.00. The summed E-state index contributed by atoms with van der Waals surface area (Å²) in [5, 5.41) is 0. The van der Waals surface area contributed by atoms with Crippen molar-refractivity contribution in [1.82, 2.24) is 0 Å². The Labute approximate surface area is 79.3 Å². The van der Waals surface area contributed by atoms with Crippen molar-refractivity contribution in [2.45, 2.75) is 32.1 Å². The Morgan fingerprint density at radius 3 is 2.77 bits per heavy atom. The first-order valence-corrected chi connectivity index (χ1v) is 4.89. The maximum Gasteiger partial charge on any atom is 0.159 e. The summed E-state index contributed by atoms with van der Waals surface area (Å²) in [5.74, 6) is 0. The molecule has 0 aromatic carbocycles. The Hall–Kier alpha value is -0.160. The lowest BCUT2D eigenvalue weighted by atomic mass is 10.2. The van der Waals surface area contributed by atoms with Crippen LogP contribution in [0.5, 0.6) is 0 Å². The molecular formula is C9H19NO3. The molecule has 0 spiro atoms. The lowest BCUT2D eigenvalue weighted by molar-refractivity contribution is -0.0555. The van der Waals surface area contributed by atoms with Gasteiger partial charge >= 0.3 is 0 Å². The Balaban J connectivity index is 1.99. The van der Waals surface area contributed by atoms with Gasteiger partial charge in [-0.3, -0.25) is 0 Å². The molecule has 1 aliphatic heterocycles. The lowest BCUT2D eigenvalue weighted by Crippen LogP contribution is -2.31. The first-order chi connectivity index (χ1) is 6.33. The van der Waals surface area contributed by atoms with E-state index in [0.717, 1.165) is 19.4 Å². The van der Waals surface area contributed by atoms with Crippen molar-refractivity contribution in [3.63, 3.8) is 0 Å². The van der Waals surface area contributed by atoms with Gasteiger partial charge in [0.15, 0.2) is 6.29 Å². The van der Waals surface area contributed by atoms with Gasteiger partial charge in [-0.05, 0) is 6.42 Å². The second-order valence-corrected chi connectivity index (χ2v) is 3.24. The van der Waals surface area contributed by atoms with Crippen molar-refractivity contribution in [3.05, 3.63) is 0 Å². The molecule has 4 nitrogen and oxygen atoms in total. The third-order valence-electron chi connectivity index (χ3n) is 1.87. The lowest BCUT2D eigenvalue weighted by Gasteiger charge is -2.15. The molecule has 0 amide bonds. The van der Waals surface area contributed by atoms with Crippen LogP contribution in [0, 0.1) is 0 Å². The average molecular weight is 189 g/mol. The highest BCUT2D eigenvalue weighted by Gasteiger charge is 2.18. The highest BCUT2D eigenvalue weighted by atomic mass is 16.7. The number of hydrogen-bond acceptors (Lipinski definition) is 4. The monoisotopic (exact) mass is 189 g/mol. The molecule has 2 N–H and O–H groups in total. The molecule has 13 heavy (non-hydrogen) atoms. The van der Waals surface area contributed by atoms with Crippen LogP contribution in [0.2, 0.25) is 0 Å². The van der Waals surface area contributed by atoms with Crippen molar-refractivity contribution in [2.24, 2.45) is 5.73 Å². The summed E-state index contributed by atoms with van der Waals surface area (Å²) in [6, 6.07) is 0.0228. The zero-order chi connectivity index (χ0) is 9.52. The second-order valence-electron chi connectivity index (χ2n) is 3.24. The van der Waals surface area contributed by atoms with Crippen LogP contribution in [0.25, 0.3) is 0 Å². The van der Waals surface area contributed by atoms with E-state index in [-0.39, 0.29) is 12.3 Å². The zero-order valence-corrected chi connectivity index (χ0v) is 8.20. The maximum absolute atomic E-state index is 5.81. The van der Waals surface area contributed by atoms with Crippen LogP contribution in [0.1, 0.15) is 19.8 Å². The zero-order valence-electron chi connectivity index (χ0n) is 8.20. The van der Waals surface area contributed by atoms with Crippen molar-refractivity contribution in [1.29, 1.82) is 0 Å². The van der Waals surface area contributed by atoms with Crippen molar-refractivity contribution in [3.8, 4) is 0 Å². The van der Waals surface area contributed by atoms with E-state index >= 15 is 0 Å². The molecule has 0 bridgehead atoms. The summed E-state index contributed by atoms with van der Waals surface area (Å²) < 4.78 is 15.9. The Kier molecular flexibility index (Phi) is 5.31. The number of ether oxygens (including phenoxy) is 3. The minimum absolute atomic E-state index is 0.0228. The molecule has 1 rings (SSSR count). The highest BCUT2D eigenvalue weighted by Crippen LogP contribution is 2.09. The van der Waals surface area contributed by atoms with Gasteiger partial charge in [-0.15, -0.1) is 0 Å². The van der Waals surface area contributed by atoms with Gasteiger partial charge in [-0.2, -0.15) is 0 Å². The molecule has 1 unspecified atom stereocenters. The average Bonchev–Trinajstić information content (AvgIpc) is 2.57. The summed E-state index contributed by atoms with van der Waals surface area (Å²) in [5.41, 5.74) is 5.81. The third kappa shape index (κ3) is 4.57. The van der Waals surface area contributed by atoms with E-state index in [1.54, 1.807) is 0 Å². The molecular weight excluding hydrogens is 170 g/mol. The second kappa shape index (κ2) is 6.32. The van der Waals surface area contributed by atoms with Gasteiger partial charge in [0.2, 0.25) is 0 Å². The van der Waals surface area contributed by atoms with Crippen LogP contribution >= 0.6 is 0 Å². The normalized spacial score (nSPS) is 20.8. The van der Waals surface area contributed by atoms with Crippen LogP contribution in [-0.2, 0) is 14.2 Å². The highest BCUT2D eigenvalue weighted by molar-refractivity contribution is 4.64. The number of nitrogens with two attached hydrogens (primary N) is 1. The van der Waals surface area contributed by atoms with E-state index < -0.39 is 0 Å². The molecule has 0 saturated carbocycles. The summed E-state index contributed by atoms with van der Waals surface area (Å²) in [4.78, 5) is 0. The molecule has 1 fully saturated rings. The maximum atomic E-state index is 5.81. The summed E-state index contributed by atoms with van der Waals surface area (Å²) >= 11 is 0. The summed E-state index contributed by atoms with van der Waals surface area (Å²) in [7, 11) is 0. The smallest absolute Gasteiger partial charge is 0.159 e. The fourth-order valence-corrected chi connectivity index (χ4v) is 1.24. The molecule has 1 aliphatic rings. The van der Waals surface area contributed by atoms with E-state index in [1.807, 2.05) is 0 Å². The van der Waals surface area contributed by atoms with Crippen molar-refractivity contribution < 1.29 is 14.2 Å². The molecule has 0 aromatic rings. The Morgan fingerprint density at radius 2 is 2.15 bits per heavy atom. The predicted molar refractivity (Wildman–Crippen MR) is 49.4 cm³/mol. The summed E-state index contributed by atoms with van der Waals surface area (Å²) in [6.07, 6.45) is 1.65. The van der Waals surface area contributed by atoms with Gasteiger partial charge in [0.25, 0.3) is 0 Å². The van der Waals surface area contributed by atoms with E-state index in [4.69, 9.17) is 19.9 Å². The molecule has 1 atom stereocenters. The Morgan fingerprint density at radius 1 is 1.46 bits per heavy atom. The first kappa shape index (κ1) is 10.9. The van der Waals surface area contributed by atoms with Crippen LogP contribution in [-0.4, -0.2) is 38.8 Å². The van der Waals surface area contributed by atoms with Gasteiger partial charge in [0, 0.05) is 19.1 Å². The molecule has 0 aromatic heterocycles. The van der Waals surface area contributed by atoms with Crippen molar-refractivity contribution in [2.75, 3.05) is 26.4 Å².